The minimum Gasteiger partial charge on any atom is -0.396 e. The summed E-state index contributed by atoms with van der Waals surface area (Å²) in [7, 11) is 0. The molecule has 1 fully saturated rings. The molecule has 1 aliphatic rings. The van der Waals surface area contributed by atoms with Gasteiger partial charge in [-0.15, -0.1) is 0 Å². The monoisotopic (exact) mass is 331 g/mol. The third-order valence-electron chi connectivity index (χ3n) is 4.11. The summed E-state index contributed by atoms with van der Waals surface area (Å²) in [6.07, 6.45) is 1.92. The average molecular weight is 331 g/mol. The highest BCUT2D eigenvalue weighted by Gasteiger charge is 2.24. The highest BCUT2D eigenvalue weighted by molar-refractivity contribution is 7.19. The molecule has 1 aromatic heterocycles. The van der Waals surface area contributed by atoms with Crippen LogP contribution in [-0.4, -0.2) is 40.7 Å². The van der Waals surface area contributed by atoms with Gasteiger partial charge in [0, 0.05) is 19.7 Å². The number of carbonyl (C=O) groups is 1. The number of carbonyl (C=O) groups excluding carboxylic acids is 1. The number of anilines is 1. The molecule has 0 radical (unpaired) electrons. The molecule has 3 rings (SSSR count). The number of hydrogen-bond acceptors (Lipinski definition) is 4. The van der Waals surface area contributed by atoms with Gasteiger partial charge < -0.3 is 10.0 Å². The van der Waals surface area contributed by atoms with Crippen molar-refractivity contribution in [3.63, 3.8) is 0 Å². The Balaban J connectivity index is 1.70. The molecule has 0 bridgehead atoms. The molecule has 0 aliphatic carbocycles. The van der Waals surface area contributed by atoms with Gasteiger partial charge in [0.05, 0.1) is 10.6 Å². The fourth-order valence-electron chi connectivity index (χ4n) is 2.88. The van der Waals surface area contributed by atoms with Crippen molar-refractivity contribution in [1.29, 1.82) is 0 Å². The quantitative estimate of drug-likeness (QED) is 0.906. The van der Waals surface area contributed by atoms with Crippen LogP contribution in [0.15, 0.2) is 30.3 Å². The first kappa shape index (κ1) is 16.0. The van der Waals surface area contributed by atoms with Gasteiger partial charge in [-0.25, -0.2) is 9.78 Å². The van der Waals surface area contributed by atoms with Crippen LogP contribution in [-0.2, 0) is 0 Å². The molecule has 5 nitrogen and oxygen atoms in total. The van der Waals surface area contributed by atoms with E-state index in [0.717, 1.165) is 35.5 Å². The van der Waals surface area contributed by atoms with Gasteiger partial charge in [-0.1, -0.05) is 41.7 Å². The number of nitrogens with zero attached hydrogens (tertiary/aromatic N) is 2. The second kappa shape index (κ2) is 7.10. The summed E-state index contributed by atoms with van der Waals surface area (Å²) >= 11 is 1.49. The van der Waals surface area contributed by atoms with Crippen LogP contribution < -0.4 is 5.32 Å². The van der Waals surface area contributed by atoms with Crippen LogP contribution in [0.1, 0.15) is 18.5 Å². The summed E-state index contributed by atoms with van der Waals surface area (Å²) in [5, 5.41) is 12.8. The fourth-order valence-corrected chi connectivity index (χ4v) is 3.84. The van der Waals surface area contributed by atoms with Gasteiger partial charge in [0.2, 0.25) is 0 Å². The molecular weight excluding hydrogens is 310 g/mol. The number of aliphatic hydroxyl groups excluding tert-OH is 1. The highest BCUT2D eigenvalue weighted by atomic mass is 32.1. The molecule has 6 heteroatoms. The Hall–Kier alpha value is -1.92. The number of rotatable bonds is 3. The van der Waals surface area contributed by atoms with Crippen molar-refractivity contribution in [2.24, 2.45) is 5.92 Å². The summed E-state index contributed by atoms with van der Waals surface area (Å²) in [6.45, 7) is 3.44. The first-order valence-corrected chi connectivity index (χ1v) is 8.68. The van der Waals surface area contributed by atoms with Gasteiger partial charge in [-0.05, 0) is 31.2 Å². The molecule has 2 heterocycles. The fraction of sp³-hybridized carbons (Fsp3) is 0.412. The maximum absolute atomic E-state index is 12.4. The molecule has 0 spiro atoms. The van der Waals surface area contributed by atoms with E-state index in [4.69, 9.17) is 0 Å². The normalized spacial score (nSPS) is 18.0. The standard InChI is InChI=1S/C17H21N3O2S/c1-12-15(14-7-3-2-4-8-14)23-16(18-12)19-17(22)20-9-5-6-13(10-20)11-21/h2-4,7-8,13,21H,5-6,9-11H2,1H3,(H,18,19,22). The van der Waals surface area contributed by atoms with Crippen molar-refractivity contribution in [1.82, 2.24) is 9.88 Å². The van der Waals surface area contributed by atoms with E-state index in [-0.39, 0.29) is 18.6 Å². The van der Waals surface area contributed by atoms with Crippen molar-refractivity contribution in [3.05, 3.63) is 36.0 Å². The molecular formula is C17H21N3O2S. The second-order valence-electron chi connectivity index (χ2n) is 5.87. The van der Waals surface area contributed by atoms with Crippen LogP contribution in [0.2, 0.25) is 0 Å². The van der Waals surface area contributed by atoms with Crippen LogP contribution in [0.3, 0.4) is 0 Å². The number of aromatic nitrogens is 1. The largest absolute Gasteiger partial charge is 0.396 e. The van der Waals surface area contributed by atoms with E-state index in [0.29, 0.717) is 11.7 Å². The lowest BCUT2D eigenvalue weighted by Gasteiger charge is -2.31. The number of aliphatic hydroxyl groups is 1. The first-order valence-electron chi connectivity index (χ1n) is 7.87. The Kier molecular flexibility index (Phi) is 4.93. The molecule has 2 aromatic rings. The summed E-state index contributed by atoms with van der Waals surface area (Å²) in [5.41, 5.74) is 2.03. The first-order chi connectivity index (χ1) is 11.2. The third kappa shape index (κ3) is 3.71. The van der Waals surface area contributed by atoms with E-state index in [1.165, 1.54) is 11.3 Å². The summed E-state index contributed by atoms with van der Waals surface area (Å²) in [4.78, 5) is 19.7. The Morgan fingerprint density at radius 1 is 1.43 bits per heavy atom. The van der Waals surface area contributed by atoms with Crippen LogP contribution in [0, 0.1) is 12.8 Å². The predicted molar refractivity (Wildman–Crippen MR) is 92.7 cm³/mol. The minimum atomic E-state index is -0.128. The summed E-state index contributed by atoms with van der Waals surface area (Å²) in [5.74, 6) is 0.187. The van der Waals surface area contributed by atoms with Crippen molar-refractivity contribution in [2.45, 2.75) is 19.8 Å². The van der Waals surface area contributed by atoms with Crippen LogP contribution in [0.25, 0.3) is 10.4 Å². The molecule has 1 unspecified atom stereocenters. The van der Waals surface area contributed by atoms with Crippen molar-refractivity contribution in [3.8, 4) is 10.4 Å². The van der Waals surface area contributed by atoms with Gasteiger partial charge in [0.1, 0.15) is 0 Å². The number of hydrogen-bond donors (Lipinski definition) is 2. The van der Waals surface area contributed by atoms with Crippen molar-refractivity contribution in [2.75, 3.05) is 25.0 Å². The summed E-state index contributed by atoms with van der Waals surface area (Å²) < 4.78 is 0. The zero-order chi connectivity index (χ0) is 16.2. The zero-order valence-corrected chi connectivity index (χ0v) is 14.0. The molecule has 122 valence electrons. The predicted octanol–water partition coefficient (Wildman–Crippen LogP) is 3.35. The SMILES string of the molecule is Cc1nc(NC(=O)N2CCCC(CO)C2)sc1-c1ccccc1. The molecule has 0 saturated carbocycles. The number of piperidine rings is 1. The van der Waals surface area contributed by atoms with E-state index in [2.05, 4.69) is 10.3 Å². The lowest BCUT2D eigenvalue weighted by Crippen LogP contribution is -2.43. The van der Waals surface area contributed by atoms with E-state index in [1.54, 1.807) is 4.90 Å². The number of urea groups is 1. The van der Waals surface area contributed by atoms with Gasteiger partial charge in [-0.3, -0.25) is 5.32 Å². The highest BCUT2D eigenvalue weighted by Crippen LogP contribution is 2.32. The lowest BCUT2D eigenvalue weighted by molar-refractivity contribution is 0.136. The zero-order valence-electron chi connectivity index (χ0n) is 13.2. The van der Waals surface area contributed by atoms with Crippen LogP contribution >= 0.6 is 11.3 Å². The van der Waals surface area contributed by atoms with Crippen molar-refractivity contribution < 1.29 is 9.90 Å². The molecule has 1 aromatic carbocycles. The van der Waals surface area contributed by atoms with Gasteiger partial charge in [0.25, 0.3) is 0 Å². The maximum atomic E-state index is 12.4. The number of thiazole rings is 1. The lowest BCUT2D eigenvalue weighted by atomic mass is 9.99. The number of likely N-dealkylation sites (tertiary alicyclic amines) is 1. The van der Waals surface area contributed by atoms with E-state index >= 15 is 0 Å². The molecule has 2 N–H and O–H groups in total. The second-order valence-corrected chi connectivity index (χ2v) is 6.87. The van der Waals surface area contributed by atoms with Crippen LogP contribution in [0.5, 0.6) is 0 Å². The topological polar surface area (TPSA) is 65.5 Å². The average Bonchev–Trinajstić information content (AvgIpc) is 2.96. The Morgan fingerprint density at radius 2 is 2.22 bits per heavy atom. The van der Waals surface area contributed by atoms with E-state index in [1.807, 2.05) is 37.3 Å². The third-order valence-corrected chi connectivity index (χ3v) is 5.23. The van der Waals surface area contributed by atoms with Crippen LogP contribution in [0.4, 0.5) is 9.93 Å². The van der Waals surface area contributed by atoms with E-state index < -0.39 is 0 Å². The van der Waals surface area contributed by atoms with Gasteiger partial charge in [-0.2, -0.15) is 0 Å². The Labute approximate surface area is 140 Å². The number of amides is 2. The molecule has 23 heavy (non-hydrogen) atoms. The number of benzene rings is 1. The molecule has 1 aliphatic heterocycles. The van der Waals surface area contributed by atoms with Gasteiger partial charge in [0.15, 0.2) is 5.13 Å². The van der Waals surface area contributed by atoms with Gasteiger partial charge >= 0.3 is 6.03 Å². The smallest absolute Gasteiger partial charge is 0.323 e. The molecule has 1 saturated heterocycles. The Morgan fingerprint density at radius 3 is 2.96 bits per heavy atom. The number of nitrogens with one attached hydrogen (secondary N) is 1. The van der Waals surface area contributed by atoms with E-state index in [9.17, 15) is 9.90 Å². The minimum absolute atomic E-state index is 0.128. The summed E-state index contributed by atoms with van der Waals surface area (Å²) in [6, 6.07) is 9.93. The molecule has 1 atom stereocenters. The van der Waals surface area contributed by atoms with Crippen molar-refractivity contribution >= 4 is 22.5 Å². The Bertz CT molecular complexity index is 672. The number of aryl methyl sites for hydroxylation is 1. The maximum Gasteiger partial charge on any atom is 0.323 e. The molecule has 2 amide bonds.